The van der Waals surface area contributed by atoms with E-state index in [0.717, 1.165) is 50.9 Å². The van der Waals surface area contributed by atoms with Crippen molar-refractivity contribution in [3.05, 3.63) is 0 Å². The summed E-state index contributed by atoms with van der Waals surface area (Å²) in [6.45, 7) is 6.57. The molecule has 3 aliphatic heterocycles. The summed E-state index contributed by atoms with van der Waals surface area (Å²) in [5.41, 5.74) is 0. The maximum atomic E-state index is 12.4. The van der Waals surface area contributed by atoms with Crippen LogP contribution in [0.25, 0.3) is 0 Å². The van der Waals surface area contributed by atoms with Crippen LogP contribution < -0.4 is 5.32 Å². The normalized spacial score (nSPS) is 27.2. The lowest BCUT2D eigenvalue weighted by Gasteiger charge is -2.27. The highest BCUT2D eigenvalue weighted by Crippen LogP contribution is 2.27. The van der Waals surface area contributed by atoms with Crippen LogP contribution >= 0.6 is 24.2 Å². The quantitative estimate of drug-likeness (QED) is 0.771. The maximum absolute atomic E-state index is 12.4. The molecule has 0 radical (unpaired) electrons. The third-order valence-corrected chi connectivity index (χ3v) is 6.09. The van der Waals surface area contributed by atoms with Crippen molar-refractivity contribution in [2.24, 2.45) is 11.8 Å². The first-order valence-corrected chi connectivity index (χ1v) is 9.81. The molecule has 0 aliphatic carbocycles. The van der Waals surface area contributed by atoms with E-state index in [0.29, 0.717) is 37.8 Å². The second kappa shape index (κ2) is 9.85. The molecule has 0 bridgehead atoms. The monoisotopic (exact) mass is 377 g/mol. The Labute approximate surface area is 154 Å². The first kappa shape index (κ1) is 19.8. The van der Waals surface area contributed by atoms with Crippen molar-refractivity contribution >= 4 is 36.0 Å². The highest BCUT2D eigenvalue weighted by molar-refractivity contribution is 8.00. The minimum absolute atomic E-state index is 0. The van der Waals surface area contributed by atoms with Crippen LogP contribution in [0.15, 0.2) is 0 Å². The summed E-state index contributed by atoms with van der Waals surface area (Å²) in [5.74, 6) is 2.62. The van der Waals surface area contributed by atoms with Gasteiger partial charge in [0, 0.05) is 26.2 Å². The van der Waals surface area contributed by atoms with Crippen molar-refractivity contribution in [2.75, 3.05) is 64.0 Å². The number of carbonyl (C=O) groups excluding carboxylic acids is 2. The van der Waals surface area contributed by atoms with Crippen LogP contribution in [-0.2, 0) is 14.3 Å². The van der Waals surface area contributed by atoms with Gasteiger partial charge in [-0.25, -0.2) is 0 Å². The number of rotatable bonds is 4. The summed E-state index contributed by atoms with van der Waals surface area (Å²) >= 11 is 1.45. The zero-order valence-electron chi connectivity index (χ0n) is 14.1. The van der Waals surface area contributed by atoms with Crippen LogP contribution in [-0.4, -0.2) is 85.6 Å². The van der Waals surface area contributed by atoms with Gasteiger partial charge in [-0.05, 0) is 37.8 Å². The molecule has 138 valence electrons. The molecule has 3 saturated heterocycles. The molecule has 3 rings (SSSR count). The molecule has 8 heteroatoms. The Morgan fingerprint density at radius 3 is 1.96 bits per heavy atom. The van der Waals surface area contributed by atoms with Gasteiger partial charge in [0.05, 0.1) is 24.7 Å². The number of nitrogens with one attached hydrogen (secondary N) is 1. The van der Waals surface area contributed by atoms with Crippen LogP contribution in [0.2, 0.25) is 0 Å². The number of ether oxygens (including phenoxy) is 1. The standard InChI is InChI=1S/C16H27N3O3S.ClH/c20-15(11-23-12-16(21)19-5-7-22-8-6-19)18-3-1-13-9-17-10-14(13)2-4-18;/h13-14,17H,1-12H2;1H/t13-,14+;. The highest BCUT2D eigenvalue weighted by Gasteiger charge is 2.31. The van der Waals surface area contributed by atoms with Crippen molar-refractivity contribution in [2.45, 2.75) is 12.8 Å². The lowest BCUT2D eigenvalue weighted by molar-refractivity contribution is -0.132. The molecule has 0 aromatic heterocycles. The molecule has 6 nitrogen and oxygen atoms in total. The Hall–Kier alpha value is -0.500. The van der Waals surface area contributed by atoms with E-state index in [1.54, 1.807) is 0 Å². The molecular formula is C16H28ClN3O3S. The number of fused-ring (bicyclic) bond motifs is 1. The summed E-state index contributed by atoms with van der Waals surface area (Å²) in [4.78, 5) is 28.3. The van der Waals surface area contributed by atoms with Crippen LogP contribution in [0.5, 0.6) is 0 Å². The first-order valence-electron chi connectivity index (χ1n) is 8.66. The molecular weight excluding hydrogens is 350 g/mol. The second-order valence-corrected chi connectivity index (χ2v) is 7.61. The smallest absolute Gasteiger partial charge is 0.232 e. The van der Waals surface area contributed by atoms with Gasteiger partial charge in [0.2, 0.25) is 11.8 Å². The SMILES string of the molecule is Cl.O=C(CSCC(=O)N1CC[C@@H]2CNC[C@@H]2CC1)N1CCOCC1. The van der Waals surface area contributed by atoms with Crippen molar-refractivity contribution < 1.29 is 14.3 Å². The number of thioether (sulfide) groups is 1. The largest absolute Gasteiger partial charge is 0.378 e. The highest BCUT2D eigenvalue weighted by atomic mass is 35.5. The average Bonchev–Trinajstić information content (AvgIpc) is 2.93. The number of likely N-dealkylation sites (tertiary alicyclic amines) is 1. The third-order valence-electron chi connectivity index (χ3n) is 5.19. The van der Waals surface area contributed by atoms with Crippen LogP contribution in [0.1, 0.15) is 12.8 Å². The van der Waals surface area contributed by atoms with E-state index >= 15 is 0 Å². The van der Waals surface area contributed by atoms with Crippen molar-refractivity contribution in [3.63, 3.8) is 0 Å². The molecule has 2 amide bonds. The molecule has 0 saturated carbocycles. The number of hydrogen-bond donors (Lipinski definition) is 1. The number of hydrogen-bond acceptors (Lipinski definition) is 5. The topological polar surface area (TPSA) is 61.9 Å². The van der Waals surface area contributed by atoms with Gasteiger partial charge in [-0.2, -0.15) is 0 Å². The van der Waals surface area contributed by atoms with Crippen molar-refractivity contribution in [1.82, 2.24) is 15.1 Å². The predicted octanol–water partition coefficient (Wildman–Crippen LogP) is 0.458. The lowest BCUT2D eigenvalue weighted by atomic mass is 9.92. The summed E-state index contributed by atoms with van der Waals surface area (Å²) in [6.07, 6.45) is 2.22. The number of halogens is 1. The zero-order valence-corrected chi connectivity index (χ0v) is 15.7. The minimum Gasteiger partial charge on any atom is -0.378 e. The summed E-state index contributed by atoms with van der Waals surface area (Å²) < 4.78 is 5.25. The number of morpholine rings is 1. The lowest BCUT2D eigenvalue weighted by Crippen LogP contribution is -2.42. The molecule has 0 spiro atoms. The summed E-state index contributed by atoms with van der Waals surface area (Å²) in [6, 6.07) is 0. The summed E-state index contributed by atoms with van der Waals surface area (Å²) in [5, 5.41) is 3.46. The number of nitrogens with zero attached hydrogens (tertiary/aromatic N) is 2. The Balaban J connectivity index is 0.00000208. The van der Waals surface area contributed by atoms with E-state index in [1.165, 1.54) is 11.8 Å². The van der Waals surface area contributed by atoms with Crippen molar-refractivity contribution in [3.8, 4) is 0 Å². The molecule has 2 atom stereocenters. The van der Waals surface area contributed by atoms with E-state index in [1.807, 2.05) is 9.80 Å². The number of amides is 2. The van der Waals surface area contributed by atoms with E-state index in [2.05, 4.69) is 5.32 Å². The zero-order chi connectivity index (χ0) is 16.1. The fraction of sp³-hybridized carbons (Fsp3) is 0.875. The van der Waals surface area contributed by atoms with Crippen LogP contribution in [0, 0.1) is 11.8 Å². The fourth-order valence-electron chi connectivity index (χ4n) is 3.69. The molecule has 0 unspecified atom stereocenters. The molecule has 3 fully saturated rings. The molecule has 0 aromatic carbocycles. The van der Waals surface area contributed by atoms with Crippen molar-refractivity contribution in [1.29, 1.82) is 0 Å². The average molecular weight is 378 g/mol. The van der Waals surface area contributed by atoms with Gasteiger partial charge in [0.25, 0.3) is 0 Å². The molecule has 3 aliphatic rings. The Kier molecular flexibility index (Phi) is 8.13. The van der Waals surface area contributed by atoms with Gasteiger partial charge in [0.15, 0.2) is 0 Å². The van der Waals surface area contributed by atoms with E-state index in [9.17, 15) is 9.59 Å². The van der Waals surface area contributed by atoms with Gasteiger partial charge < -0.3 is 19.9 Å². The van der Waals surface area contributed by atoms with E-state index < -0.39 is 0 Å². The summed E-state index contributed by atoms with van der Waals surface area (Å²) in [7, 11) is 0. The molecule has 0 aromatic rings. The molecule has 1 N–H and O–H groups in total. The van der Waals surface area contributed by atoms with Crippen LogP contribution in [0.4, 0.5) is 0 Å². The van der Waals surface area contributed by atoms with Crippen LogP contribution in [0.3, 0.4) is 0 Å². The van der Waals surface area contributed by atoms with E-state index in [-0.39, 0.29) is 24.2 Å². The Morgan fingerprint density at radius 1 is 0.917 bits per heavy atom. The third kappa shape index (κ3) is 5.25. The van der Waals surface area contributed by atoms with Gasteiger partial charge in [0.1, 0.15) is 0 Å². The van der Waals surface area contributed by atoms with Gasteiger partial charge in [-0.1, -0.05) is 0 Å². The van der Waals surface area contributed by atoms with Gasteiger partial charge in [-0.3, -0.25) is 9.59 Å². The Morgan fingerprint density at radius 2 is 1.42 bits per heavy atom. The predicted molar refractivity (Wildman–Crippen MR) is 97.6 cm³/mol. The van der Waals surface area contributed by atoms with E-state index in [4.69, 9.17) is 4.74 Å². The van der Waals surface area contributed by atoms with Gasteiger partial charge in [-0.15, -0.1) is 24.2 Å². The minimum atomic E-state index is 0. The second-order valence-electron chi connectivity index (χ2n) is 6.62. The molecule has 24 heavy (non-hydrogen) atoms. The molecule has 3 heterocycles. The maximum Gasteiger partial charge on any atom is 0.232 e. The fourth-order valence-corrected chi connectivity index (χ4v) is 4.50. The first-order chi connectivity index (χ1) is 11.2. The number of carbonyl (C=O) groups is 2. The van der Waals surface area contributed by atoms with Gasteiger partial charge >= 0.3 is 0 Å². The Bertz CT molecular complexity index is 421.